The van der Waals surface area contributed by atoms with Crippen molar-refractivity contribution in [3.05, 3.63) is 35.4 Å². The van der Waals surface area contributed by atoms with Crippen LogP contribution in [0.4, 0.5) is 0 Å². The van der Waals surface area contributed by atoms with Crippen molar-refractivity contribution in [3.8, 4) is 0 Å². The van der Waals surface area contributed by atoms with E-state index >= 15 is 0 Å². The normalized spacial score (nSPS) is 12.9. The van der Waals surface area contributed by atoms with E-state index in [1.54, 1.807) is 0 Å². The van der Waals surface area contributed by atoms with Gasteiger partial charge in [-0.1, -0.05) is 24.3 Å². The van der Waals surface area contributed by atoms with Crippen molar-refractivity contribution >= 4 is 78.5 Å². The molecule has 8 heteroatoms. The third-order valence-corrected chi connectivity index (χ3v) is 5.87. The molecule has 0 unspecified atom stereocenters. The van der Waals surface area contributed by atoms with Crippen LogP contribution in [0.3, 0.4) is 0 Å². The minimum absolute atomic E-state index is 0.447. The van der Waals surface area contributed by atoms with E-state index in [1.165, 1.54) is 0 Å². The molecule has 0 aliphatic heterocycles. The van der Waals surface area contributed by atoms with Gasteiger partial charge >= 0.3 is 12.0 Å². The smallest absolute Gasteiger partial charge is 0.126 e. The fourth-order valence-corrected chi connectivity index (χ4v) is 5.48. The van der Waals surface area contributed by atoms with Crippen molar-refractivity contribution in [1.29, 1.82) is 0 Å². The van der Waals surface area contributed by atoms with E-state index in [9.17, 15) is 0 Å². The van der Waals surface area contributed by atoms with Gasteiger partial charge in [0.15, 0.2) is 0 Å². The summed E-state index contributed by atoms with van der Waals surface area (Å²) >= 11 is 35.4. The van der Waals surface area contributed by atoms with Gasteiger partial charge in [-0.15, -0.1) is 66.5 Å². The van der Waals surface area contributed by atoms with Crippen LogP contribution in [0, 0.1) is 0 Å². The van der Waals surface area contributed by atoms with Crippen molar-refractivity contribution in [3.63, 3.8) is 0 Å². The Morgan fingerprint density at radius 2 is 1.00 bits per heavy atom. The average Bonchev–Trinajstić information content (AvgIpc) is 2.03. The first-order valence-corrected chi connectivity index (χ1v) is 14.9. The molecule has 90 valence electrons. The van der Waals surface area contributed by atoms with Gasteiger partial charge < -0.3 is 0 Å². The van der Waals surface area contributed by atoms with Crippen LogP contribution in [0.2, 0.25) is 0 Å². The highest BCUT2D eigenvalue weighted by Gasteiger charge is 2.30. The van der Waals surface area contributed by atoms with E-state index in [-0.39, 0.29) is 0 Å². The Hall–Kier alpha value is 1.39. The van der Waals surface area contributed by atoms with Gasteiger partial charge in [0.05, 0.1) is 0 Å². The summed E-state index contributed by atoms with van der Waals surface area (Å²) in [6.45, 7) is 0. The maximum atomic E-state index is 5.89. The molecule has 1 rings (SSSR count). The molecule has 0 atom stereocenters. The minimum atomic E-state index is -2.70. The summed E-state index contributed by atoms with van der Waals surface area (Å²) in [5.74, 6) is 0. The highest BCUT2D eigenvalue weighted by Crippen LogP contribution is 2.30. The molecule has 0 saturated heterocycles. The standard InChI is InChI=1S/C8H8Cl6Si2/c9-15(10,11)5-7-3-1-2-4-8(7)6-16(12,13)14/h1-4H,5-6H2. The predicted molar refractivity (Wildman–Crippen MR) is 80.5 cm³/mol. The van der Waals surface area contributed by atoms with Gasteiger partial charge in [-0.3, -0.25) is 0 Å². The Morgan fingerprint density at radius 3 is 1.25 bits per heavy atom. The van der Waals surface area contributed by atoms with Crippen molar-refractivity contribution in [2.45, 2.75) is 12.1 Å². The third kappa shape index (κ3) is 6.36. The second-order valence-electron chi connectivity index (χ2n) is 3.35. The molecule has 0 aromatic heterocycles. The van der Waals surface area contributed by atoms with E-state index in [4.69, 9.17) is 66.5 Å². The van der Waals surface area contributed by atoms with Gasteiger partial charge in [0, 0.05) is 12.1 Å². The van der Waals surface area contributed by atoms with Crippen LogP contribution < -0.4 is 0 Å². The minimum Gasteiger partial charge on any atom is -0.126 e. The fourth-order valence-electron chi connectivity index (χ4n) is 1.33. The molecular formula is C8H8Cl6Si2. The van der Waals surface area contributed by atoms with Gasteiger partial charge in [0.25, 0.3) is 0 Å². The lowest BCUT2D eigenvalue weighted by atomic mass is 10.1. The van der Waals surface area contributed by atoms with Crippen LogP contribution in [0.25, 0.3) is 0 Å². The maximum Gasteiger partial charge on any atom is 0.345 e. The molecule has 0 heterocycles. The SMILES string of the molecule is Cl[Si](Cl)(Cl)Cc1ccccc1C[Si](Cl)(Cl)Cl. The molecule has 0 N–H and O–H groups in total. The van der Waals surface area contributed by atoms with Crippen LogP contribution in [0.5, 0.6) is 0 Å². The predicted octanol–water partition coefficient (Wildman–Crippen LogP) is 5.16. The van der Waals surface area contributed by atoms with Crippen LogP contribution >= 0.6 is 66.5 Å². The lowest BCUT2D eigenvalue weighted by Crippen LogP contribution is -2.19. The van der Waals surface area contributed by atoms with Crippen LogP contribution in [-0.2, 0) is 12.1 Å². The number of hydrogen-bond donors (Lipinski definition) is 0. The monoisotopic (exact) mass is 370 g/mol. The van der Waals surface area contributed by atoms with Gasteiger partial charge in [-0.2, -0.15) is 0 Å². The largest absolute Gasteiger partial charge is 0.345 e. The zero-order valence-electron chi connectivity index (χ0n) is 7.99. The number of benzene rings is 1. The van der Waals surface area contributed by atoms with Crippen LogP contribution in [-0.4, -0.2) is 12.0 Å². The molecule has 0 amide bonds. The van der Waals surface area contributed by atoms with Gasteiger partial charge in [0.1, 0.15) is 0 Å². The quantitative estimate of drug-likeness (QED) is 0.505. The molecule has 0 nitrogen and oxygen atoms in total. The van der Waals surface area contributed by atoms with E-state index < -0.39 is 12.0 Å². The zero-order chi connectivity index (χ0) is 12.4. The lowest BCUT2D eigenvalue weighted by molar-refractivity contribution is 1.25. The number of halogens is 6. The average molecular weight is 373 g/mol. The first kappa shape index (κ1) is 15.5. The highest BCUT2D eigenvalue weighted by atomic mass is 35.8. The van der Waals surface area contributed by atoms with Gasteiger partial charge in [0.2, 0.25) is 0 Å². The summed E-state index contributed by atoms with van der Waals surface area (Å²) in [6, 6.07) is 3.10. The Morgan fingerprint density at radius 1 is 0.688 bits per heavy atom. The summed E-state index contributed by atoms with van der Waals surface area (Å²) in [5, 5.41) is 0. The van der Waals surface area contributed by atoms with E-state index in [0.717, 1.165) is 11.1 Å². The Labute approximate surface area is 125 Å². The molecule has 0 aliphatic rings. The molecule has 1 aromatic rings. The summed E-state index contributed by atoms with van der Waals surface area (Å²) < 4.78 is 0. The zero-order valence-corrected chi connectivity index (χ0v) is 14.5. The maximum absolute atomic E-state index is 5.89. The molecule has 0 bridgehead atoms. The summed E-state index contributed by atoms with van der Waals surface area (Å²) in [6.07, 6.45) is 0. The molecule has 0 spiro atoms. The van der Waals surface area contributed by atoms with Crippen molar-refractivity contribution in [2.24, 2.45) is 0 Å². The molecular weight excluding hydrogens is 365 g/mol. The molecule has 1 aromatic carbocycles. The fraction of sp³-hybridized carbons (Fsp3) is 0.250. The summed E-state index contributed by atoms with van der Waals surface area (Å²) in [5.41, 5.74) is 1.93. The molecule has 0 radical (unpaired) electrons. The number of hydrogen-bond acceptors (Lipinski definition) is 0. The van der Waals surface area contributed by atoms with E-state index in [1.807, 2.05) is 24.3 Å². The van der Waals surface area contributed by atoms with Crippen LogP contribution in [0.15, 0.2) is 24.3 Å². The van der Waals surface area contributed by atoms with Crippen LogP contribution in [0.1, 0.15) is 11.1 Å². The van der Waals surface area contributed by atoms with Crippen molar-refractivity contribution in [2.75, 3.05) is 0 Å². The van der Waals surface area contributed by atoms with Crippen molar-refractivity contribution in [1.82, 2.24) is 0 Å². The topological polar surface area (TPSA) is 0 Å². The lowest BCUT2D eigenvalue weighted by Gasteiger charge is -2.15. The third-order valence-electron chi connectivity index (χ3n) is 1.90. The van der Waals surface area contributed by atoms with E-state index in [2.05, 4.69) is 0 Å². The molecule has 0 saturated carbocycles. The summed E-state index contributed by atoms with van der Waals surface area (Å²) in [4.78, 5) is 0. The summed E-state index contributed by atoms with van der Waals surface area (Å²) in [7, 11) is 0. The number of rotatable bonds is 4. The molecule has 0 fully saturated rings. The first-order valence-electron chi connectivity index (χ1n) is 4.38. The van der Waals surface area contributed by atoms with Gasteiger partial charge in [-0.25, -0.2) is 0 Å². The second kappa shape index (κ2) is 6.02. The molecule has 0 aliphatic carbocycles. The van der Waals surface area contributed by atoms with Gasteiger partial charge in [-0.05, 0) is 11.1 Å². The Bertz CT molecular complexity index is 321. The Balaban J connectivity index is 2.92. The molecule has 16 heavy (non-hydrogen) atoms. The first-order chi connectivity index (χ1) is 7.17. The van der Waals surface area contributed by atoms with E-state index in [0.29, 0.717) is 12.1 Å². The Kier molecular flexibility index (Phi) is 5.82. The van der Waals surface area contributed by atoms with Crippen molar-refractivity contribution < 1.29 is 0 Å². The second-order valence-corrected chi connectivity index (χ2v) is 21.6. The highest BCUT2D eigenvalue weighted by molar-refractivity contribution is 7.65.